The number of anilines is 1. The Hall–Kier alpha value is -2.30. The largest absolute Gasteiger partial charge is 0.382 e. The molecule has 0 saturated heterocycles. The summed E-state index contributed by atoms with van der Waals surface area (Å²) >= 11 is 0. The van der Waals surface area contributed by atoms with Crippen LogP contribution in [0.25, 0.3) is 0 Å². The Morgan fingerprint density at radius 3 is 2.60 bits per heavy atom. The van der Waals surface area contributed by atoms with E-state index in [1.807, 2.05) is 6.92 Å². The minimum atomic E-state index is -0.0832. The highest BCUT2D eigenvalue weighted by atomic mass is 16.2. The second-order valence-corrected chi connectivity index (χ2v) is 4.82. The van der Waals surface area contributed by atoms with Crippen LogP contribution in [0.1, 0.15) is 31.0 Å². The molecule has 2 rings (SSSR count). The van der Waals surface area contributed by atoms with Crippen LogP contribution in [0.3, 0.4) is 0 Å². The molecule has 20 heavy (non-hydrogen) atoms. The Labute approximate surface area is 118 Å². The first-order chi connectivity index (χ1) is 9.58. The van der Waals surface area contributed by atoms with Gasteiger partial charge in [0, 0.05) is 6.20 Å². The molecule has 0 aliphatic rings. The van der Waals surface area contributed by atoms with E-state index < -0.39 is 0 Å². The lowest BCUT2D eigenvalue weighted by Crippen LogP contribution is -2.30. The Morgan fingerprint density at radius 2 is 2.05 bits per heavy atom. The molecule has 2 aromatic rings. The molecule has 0 radical (unpaired) electrons. The third-order valence-electron chi connectivity index (χ3n) is 3.23. The molecule has 0 bridgehead atoms. The Morgan fingerprint density at radius 1 is 1.35 bits per heavy atom. The van der Waals surface area contributed by atoms with Gasteiger partial charge in [0.05, 0.1) is 6.04 Å². The number of hydrogen-bond donors (Lipinski definition) is 2. The Balaban J connectivity index is 1.92. The fraction of sp³-hybridized carbons (Fsp3) is 0.333. The van der Waals surface area contributed by atoms with Crippen LogP contribution >= 0.6 is 0 Å². The molecule has 1 aromatic heterocycles. The molecule has 0 aliphatic heterocycles. The number of hydrogen-bond acceptors (Lipinski definition) is 3. The number of nitrogen functional groups attached to an aromatic ring is 1. The molecule has 1 amide bonds. The molecule has 0 spiro atoms. The van der Waals surface area contributed by atoms with Gasteiger partial charge in [0.1, 0.15) is 12.4 Å². The van der Waals surface area contributed by atoms with Crippen LogP contribution in [-0.4, -0.2) is 15.7 Å². The lowest BCUT2D eigenvalue weighted by molar-refractivity contribution is -0.122. The molecule has 3 N–H and O–H groups in total. The lowest BCUT2D eigenvalue weighted by Gasteiger charge is -2.14. The van der Waals surface area contributed by atoms with E-state index in [4.69, 9.17) is 5.73 Å². The van der Waals surface area contributed by atoms with Gasteiger partial charge in [-0.1, -0.05) is 31.2 Å². The first-order valence-electron chi connectivity index (χ1n) is 6.75. The zero-order valence-electron chi connectivity index (χ0n) is 11.8. The molecule has 106 valence electrons. The molecule has 1 atom stereocenters. The van der Waals surface area contributed by atoms with E-state index in [0.29, 0.717) is 5.82 Å². The van der Waals surface area contributed by atoms with Crippen LogP contribution in [0.4, 0.5) is 5.82 Å². The van der Waals surface area contributed by atoms with Crippen LogP contribution in [0.5, 0.6) is 0 Å². The van der Waals surface area contributed by atoms with Gasteiger partial charge in [-0.3, -0.25) is 9.48 Å². The van der Waals surface area contributed by atoms with Crippen molar-refractivity contribution in [2.75, 3.05) is 5.73 Å². The number of nitrogens with one attached hydrogen (secondary N) is 1. The molecule has 1 unspecified atom stereocenters. The van der Waals surface area contributed by atoms with Crippen molar-refractivity contribution in [3.05, 3.63) is 47.7 Å². The number of carbonyl (C=O) groups excluding carboxylic acids is 1. The van der Waals surface area contributed by atoms with Gasteiger partial charge in [-0.2, -0.15) is 5.10 Å². The van der Waals surface area contributed by atoms with Crippen LogP contribution in [0.15, 0.2) is 36.5 Å². The highest BCUT2D eigenvalue weighted by Crippen LogP contribution is 2.13. The summed E-state index contributed by atoms with van der Waals surface area (Å²) in [5.41, 5.74) is 7.89. The van der Waals surface area contributed by atoms with Gasteiger partial charge in [-0.05, 0) is 30.5 Å². The van der Waals surface area contributed by atoms with Crippen molar-refractivity contribution in [2.24, 2.45) is 0 Å². The standard InChI is InChI=1S/C15H20N4O/c1-3-12-4-6-13(7-5-12)11(2)17-15(20)10-19-9-8-14(16)18-19/h4-9,11H,3,10H2,1-2H3,(H2,16,18)(H,17,20). The average Bonchev–Trinajstić information content (AvgIpc) is 2.84. The van der Waals surface area contributed by atoms with Gasteiger partial charge in [0.25, 0.3) is 0 Å². The summed E-state index contributed by atoms with van der Waals surface area (Å²) in [6.45, 7) is 4.26. The first-order valence-corrected chi connectivity index (χ1v) is 6.75. The molecular formula is C15H20N4O. The highest BCUT2D eigenvalue weighted by molar-refractivity contribution is 5.76. The summed E-state index contributed by atoms with van der Waals surface area (Å²) in [6.07, 6.45) is 2.71. The van der Waals surface area contributed by atoms with Gasteiger partial charge in [-0.15, -0.1) is 0 Å². The Bertz CT molecular complexity index is 574. The van der Waals surface area contributed by atoms with Gasteiger partial charge >= 0.3 is 0 Å². The number of nitrogens with two attached hydrogens (primary N) is 1. The van der Waals surface area contributed by atoms with Crippen molar-refractivity contribution >= 4 is 11.7 Å². The number of amides is 1. The summed E-state index contributed by atoms with van der Waals surface area (Å²) in [7, 11) is 0. The molecule has 0 fully saturated rings. The number of rotatable bonds is 5. The maximum absolute atomic E-state index is 11.9. The maximum Gasteiger partial charge on any atom is 0.242 e. The van der Waals surface area contributed by atoms with Crippen LogP contribution in [0.2, 0.25) is 0 Å². The van der Waals surface area contributed by atoms with Gasteiger partial charge in [0.2, 0.25) is 5.91 Å². The van der Waals surface area contributed by atoms with Crippen molar-refractivity contribution in [1.29, 1.82) is 0 Å². The van der Waals surface area contributed by atoms with E-state index in [2.05, 4.69) is 41.6 Å². The van der Waals surface area contributed by atoms with Gasteiger partial charge in [-0.25, -0.2) is 0 Å². The lowest BCUT2D eigenvalue weighted by atomic mass is 10.1. The van der Waals surface area contributed by atoms with Crippen molar-refractivity contribution in [3.63, 3.8) is 0 Å². The summed E-state index contributed by atoms with van der Waals surface area (Å²) in [5, 5.41) is 6.94. The number of benzene rings is 1. The first kappa shape index (κ1) is 14.1. The normalized spacial score (nSPS) is 12.1. The number of nitrogens with zero attached hydrogens (tertiary/aromatic N) is 2. The predicted molar refractivity (Wildman–Crippen MR) is 79.0 cm³/mol. The number of carbonyl (C=O) groups is 1. The van der Waals surface area contributed by atoms with E-state index in [1.165, 1.54) is 10.2 Å². The molecule has 1 aromatic carbocycles. The molecule has 5 nitrogen and oxygen atoms in total. The summed E-state index contributed by atoms with van der Waals surface area (Å²) in [4.78, 5) is 11.9. The molecular weight excluding hydrogens is 252 g/mol. The number of aryl methyl sites for hydroxylation is 1. The third kappa shape index (κ3) is 3.60. The quantitative estimate of drug-likeness (QED) is 0.873. The van der Waals surface area contributed by atoms with Crippen molar-refractivity contribution < 1.29 is 4.79 Å². The molecule has 0 saturated carbocycles. The zero-order chi connectivity index (χ0) is 14.5. The van der Waals surface area contributed by atoms with Crippen LogP contribution in [0, 0.1) is 0 Å². The summed E-state index contributed by atoms with van der Waals surface area (Å²) in [5.74, 6) is 0.334. The smallest absolute Gasteiger partial charge is 0.242 e. The van der Waals surface area contributed by atoms with E-state index >= 15 is 0 Å². The van der Waals surface area contributed by atoms with E-state index in [-0.39, 0.29) is 18.5 Å². The average molecular weight is 272 g/mol. The maximum atomic E-state index is 11.9. The predicted octanol–water partition coefficient (Wildman–Crippen LogP) is 1.91. The highest BCUT2D eigenvalue weighted by Gasteiger charge is 2.10. The van der Waals surface area contributed by atoms with E-state index in [0.717, 1.165) is 12.0 Å². The molecule has 5 heteroatoms. The number of aromatic nitrogens is 2. The fourth-order valence-corrected chi connectivity index (χ4v) is 2.03. The van der Waals surface area contributed by atoms with Crippen LogP contribution < -0.4 is 11.1 Å². The topological polar surface area (TPSA) is 72.9 Å². The Kier molecular flexibility index (Phi) is 4.40. The zero-order valence-corrected chi connectivity index (χ0v) is 11.8. The van der Waals surface area contributed by atoms with Crippen molar-refractivity contribution in [2.45, 2.75) is 32.9 Å². The second-order valence-electron chi connectivity index (χ2n) is 4.82. The van der Waals surface area contributed by atoms with E-state index in [9.17, 15) is 4.79 Å². The minimum Gasteiger partial charge on any atom is -0.382 e. The van der Waals surface area contributed by atoms with Crippen molar-refractivity contribution in [3.8, 4) is 0 Å². The minimum absolute atomic E-state index is 0.0266. The molecule has 1 heterocycles. The second kappa shape index (κ2) is 6.23. The molecule has 0 aliphatic carbocycles. The van der Waals surface area contributed by atoms with Crippen molar-refractivity contribution in [1.82, 2.24) is 15.1 Å². The van der Waals surface area contributed by atoms with E-state index in [1.54, 1.807) is 12.3 Å². The SMILES string of the molecule is CCc1ccc(C(C)NC(=O)Cn2ccc(N)n2)cc1. The third-order valence-corrected chi connectivity index (χ3v) is 3.23. The summed E-state index contributed by atoms with van der Waals surface area (Å²) in [6, 6.07) is 9.92. The van der Waals surface area contributed by atoms with Gasteiger partial charge < -0.3 is 11.1 Å². The monoisotopic (exact) mass is 272 g/mol. The van der Waals surface area contributed by atoms with Gasteiger partial charge in [0.15, 0.2) is 0 Å². The fourth-order valence-electron chi connectivity index (χ4n) is 2.03. The van der Waals surface area contributed by atoms with Crippen LogP contribution in [-0.2, 0) is 17.8 Å². The summed E-state index contributed by atoms with van der Waals surface area (Å²) < 4.78 is 1.53.